The van der Waals surface area contributed by atoms with Crippen molar-refractivity contribution in [3.8, 4) is 6.07 Å². The van der Waals surface area contributed by atoms with Gasteiger partial charge in [0.1, 0.15) is 0 Å². The maximum atomic E-state index is 12.3. The summed E-state index contributed by atoms with van der Waals surface area (Å²) in [5.41, 5.74) is 1.62. The molecule has 1 aliphatic carbocycles. The van der Waals surface area contributed by atoms with E-state index < -0.39 is 0 Å². The highest BCUT2D eigenvalue weighted by atomic mass is 16.2. The highest BCUT2D eigenvalue weighted by molar-refractivity contribution is 5.79. The fourth-order valence-electron chi connectivity index (χ4n) is 2.76. The number of rotatable bonds is 3. The van der Waals surface area contributed by atoms with E-state index in [9.17, 15) is 4.79 Å². The monoisotopic (exact) mass is 269 g/mol. The van der Waals surface area contributed by atoms with Crippen molar-refractivity contribution in [3.63, 3.8) is 0 Å². The molecule has 0 radical (unpaired) electrons. The zero-order valence-corrected chi connectivity index (χ0v) is 11.6. The number of nitrogens with zero attached hydrogens (tertiary/aromatic N) is 3. The molecule has 2 aliphatic rings. The number of carbonyl (C=O) groups is 1. The second kappa shape index (κ2) is 5.64. The van der Waals surface area contributed by atoms with E-state index in [1.54, 1.807) is 12.1 Å². The zero-order valence-electron chi connectivity index (χ0n) is 11.6. The quantitative estimate of drug-likeness (QED) is 0.833. The van der Waals surface area contributed by atoms with Crippen LogP contribution in [0, 0.1) is 11.3 Å². The van der Waals surface area contributed by atoms with Crippen LogP contribution in [0.1, 0.15) is 24.0 Å². The molecular weight excluding hydrogens is 250 g/mol. The van der Waals surface area contributed by atoms with Crippen LogP contribution in [-0.4, -0.2) is 47.9 Å². The van der Waals surface area contributed by atoms with Gasteiger partial charge in [-0.05, 0) is 30.5 Å². The predicted octanol–water partition coefficient (Wildman–Crippen LogP) is 1.41. The number of piperazine rings is 1. The van der Waals surface area contributed by atoms with Gasteiger partial charge in [-0.15, -0.1) is 0 Å². The van der Waals surface area contributed by atoms with Crippen molar-refractivity contribution in [1.82, 2.24) is 9.80 Å². The van der Waals surface area contributed by atoms with Gasteiger partial charge in [0.25, 0.3) is 0 Å². The molecular formula is C16H19N3O. The first-order valence-electron chi connectivity index (χ1n) is 7.27. The smallest absolute Gasteiger partial charge is 0.227 e. The normalized spacial score (nSPS) is 19.6. The molecule has 0 aromatic heterocycles. The highest BCUT2D eigenvalue weighted by Crippen LogP contribution is 2.27. The largest absolute Gasteiger partial charge is 0.340 e. The van der Waals surface area contributed by atoms with E-state index in [4.69, 9.17) is 5.26 Å². The summed E-state index contributed by atoms with van der Waals surface area (Å²) in [6, 6.07) is 10.2. The lowest BCUT2D eigenvalue weighted by Gasteiger charge is -2.34. The summed E-state index contributed by atoms with van der Waals surface area (Å²) in [5, 5.41) is 8.76. The maximum Gasteiger partial charge on any atom is 0.227 e. The van der Waals surface area contributed by atoms with Gasteiger partial charge in [0.05, 0.1) is 18.1 Å². The molecule has 1 heterocycles. The minimum atomic E-state index is 0.199. The molecule has 1 aromatic carbocycles. The van der Waals surface area contributed by atoms with Crippen LogP contribution in [0.3, 0.4) is 0 Å². The van der Waals surface area contributed by atoms with Gasteiger partial charge in [0.2, 0.25) is 5.91 Å². The summed E-state index contributed by atoms with van der Waals surface area (Å²) in [6.07, 6.45) is 3.10. The van der Waals surface area contributed by atoms with E-state index in [-0.39, 0.29) is 5.91 Å². The molecule has 104 valence electrons. The summed E-state index contributed by atoms with van der Waals surface area (Å²) >= 11 is 0. The maximum absolute atomic E-state index is 12.3. The van der Waals surface area contributed by atoms with Gasteiger partial charge in [-0.2, -0.15) is 5.26 Å². The zero-order chi connectivity index (χ0) is 13.9. The van der Waals surface area contributed by atoms with E-state index >= 15 is 0 Å². The van der Waals surface area contributed by atoms with Crippen LogP contribution in [0.4, 0.5) is 0 Å². The first-order valence-corrected chi connectivity index (χ1v) is 7.27. The second-order valence-corrected chi connectivity index (χ2v) is 5.63. The van der Waals surface area contributed by atoms with Gasteiger partial charge in [-0.1, -0.05) is 12.1 Å². The molecule has 1 aliphatic heterocycles. The van der Waals surface area contributed by atoms with E-state index in [2.05, 4.69) is 11.0 Å². The van der Waals surface area contributed by atoms with Crippen LogP contribution in [0.5, 0.6) is 0 Å². The summed E-state index contributed by atoms with van der Waals surface area (Å²) in [5.74, 6) is 0.199. The molecule has 20 heavy (non-hydrogen) atoms. The van der Waals surface area contributed by atoms with E-state index in [1.807, 2.05) is 17.0 Å². The molecule has 0 bridgehead atoms. The Morgan fingerprint density at radius 1 is 1.15 bits per heavy atom. The Bertz CT molecular complexity index is 520. The lowest BCUT2D eigenvalue weighted by atomic mass is 10.1. The van der Waals surface area contributed by atoms with Crippen LogP contribution in [0.25, 0.3) is 0 Å². The minimum Gasteiger partial charge on any atom is -0.340 e. The lowest BCUT2D eigenvalue weighted by molar-refractivity contribution is -0.132. The molecule has 0 atom stereocenters. The molecule has 0 N–H and O–H groups in total. The van der Waals surface area contributed by atoms with Gasteiger partial charge in [-0.25, -0.2) is 0 Å². The van der Waals surface area contributed by atoms with Crippen molar-refractivity contribution in [2.24, 2.45) is 0 Å². The molecule has 0 spiro atoms. The number of hydrogen-bond donors (Lipinski definition) is 0. The summed E-state index contributed by atoms with van der Waals surface area (Å²) in [4.78, 5) is 16.7. The van der Waals surface area contributed by atoms with Crippen molar-refractivity contribution in [1.29, 1.82) is 5.26 Å². The third kappa shape index (κ3) is 3.00. The van der Waals surface area contributed by atoms with Crippen molar-refractivity contribution in [3.05, 3.63) is 35.4 Å². The summed E-state index contributed by atoms with van der Waals surface area (Å²) < 4.78 is 0. The first-order chi connectivity index (χ1) is 9.76. The van der Waals surface area contributed by atoms with Gasteiger partial charge in [0.15, 0.2) is 0 Å². The van der Waals surface area contributed by atoms with E-state index in [1.165, 1.54) is 12.8 Å². The summed E-state index contributed by atoms with van der Waals surface area (Å²) in [7, 11) is 0. The Balaban J connectivity index is 1.52. The number of benzene rings is 1. The first kappa shape index (κ1) is 13.1. The van der Waals surface area contributed by atoms with Crippen LogP contribution in [0.2, 0.25) is 0 Å². The number of hydrogen-bond acceptors (Lipinski definition) is 3. The molecule has 0 unspecified atom stereocenters. The SMILES string of the molecule is N#Cc1ccc(CC(=O)N2CCN(C3CC3)CC2)cc1. The van der Waals surface area contributed by atoms with Crippen molar-refractivity contribution >= 4 is 5.91 Å². The Kier molecular flexibility index (Phi) is 3.70. The molecule has 4 nitrogen and oxygen atoms in total. The molecule has 1 aromatic rings. The molecule has 4 heteroatoms. The summed E-state index contributed by atoms with van der Waals surface area (Å²) in [6.45, 7) is 3.74. The predicted molar refractivity (Wildman–Crippen MR) is 76.0 cm³/mol. The number of amides is 1. The molecule has 1 saturated carbocycles. The van der Waals surface area contributed by atoms with Gasteiger partial charge < -0.3 is 4.90 Å². The van der Waals surface area contributed by atoms with Gasteiger partial charge in [-0.3, -0.25) is 9.69 Å². The molecule has 3 rings (SSSR count). The number of nitriles is 1. The van der Waals surface area contributed by atoms with Crippen molar-refractivity contribution in [2.45, 2.75) is 25.3 Å². The van der Waals surface area contributed by atoms with Gasteiger partial charge in [0, 0.05) is 32.2 Å². The van der Waals surface area contributed by atoms with Crippen molar-refractivity contribution in [2.75, 3.05) is 26.2 Å². The highest BCUT2D eigenvalue weighted by Gasteiger charge is 2.32. The molecule has 1 saturated heterocycles. The van der Waals surface area contributed by atoms with E-state index in [0.29, 0.717) is 12.0 Å². The average molecular weight is 269 g/mol. The van der Waals surface area contributed by atoms with Gasteiger partial charge >= 0.3 is 0 Å². The number of carbonyl (C=O) groups excluding carboxylic acids is 1. The third-order valence-corrected chi connectivity index (χ3v) is 4.17. The molecule has 2 fully saturated rings. The topological polar surface area (TPSA) is 47.3 Å². The minimum absolute atomic E-state index is 0.199. The standard InChI is InChI=1S/C16H19N3O/c17-12-14-3-1-13(2-4-14)11-16(20)19-9-7-18(8-10-19)15-5-6-15/h1-4,15H,5-11H2. The Morgan fingerprint density at radius 3 is 2.35 bits per heavy atom. The Hall–Kier alpha value is -1.86. The third-order valence-electron chi connectivity index (χ3n) is 4.17. The molecule has 1 amide bonds. The fourth-order valence-corrected chi connectivity index (χ4v) is 2.76. The van der Waals surface area contributed by atoms with Crippen LogP contribution in [0.15, 0.2) is 24.3 Å². The second-order valence-electron chi connectivity index (χ2n) is 5.63. The average Bonchev–Trinajstić information content (AvgIpc) is 3.33. The Morgan fingerprint density at radius 2 is 1.80 bits per heavy atom. The lowest BCUT2D eigenvalue weighted by Crippen LogP contribution is -2.49. The van der Waals surface area contributed by atoms with Crippen molar-refractivity contribution < 1.29 is 4.79 Å². The van der Waals surface area contributed by atoms with Crippen LogP contribution < -0.4 is 0 Å². The van der Waals surface area contributed by atoms with Crippen LogP contribution >= 0.6 is 0 Å². The Labute approximate surface area is 119 Å². The van der Waals surface area contributed by atoms with E-state index in [0.717, 1.165) is 37.8 Å². The van der Waals surface area contributed by atoms with Crippen LogP contribution in [-0.2, 0) is 11.2 Å². The fraction of sp³-hybridized carbons (Fsp3) is 0.500.